The lowest BCUT2D eigenvalue weighted by Crippen LogP contribution is -1.98. The summed E-state index contributed by atoms with van der Waals surface area (Å²) in [4.78, 5) is 9.05. The van der Waals surface area contributed by atoms with E-state index in [4.69, 9.17) is 9.47 Å². The van der Waals surface area contributed by atoms with Gasteiger partial charge in [-0.2, -0.15) is 4.73 Å². The molecule has 0 saturated carbocycles. The number of nitrogens with zero attached hydrogens (tertiary/aromatic N) is 3. The van der Waals surface area contributed by atoms with Crippen molar-refractivity contribution in [3.05, 3.63) is 66.9 Å². The minimum Gasteiger partial charge on any atom is -0.508 e. The van der Waals surface area contributed by atoms with Crippen molar-refractivity contribution in [3.63, 3.8) is 0 Å². The van der Waals surface area contributed by atoms with Crippen LogP contribution in [0.2, 0.25) is 0 Å². The fourth-order valence-corrected chi connectivity index (χ4v) is 3.19. The number of imidazole rings is 1. The Bertz CT molecular complexity index is 1150. The molecule has 0 spiro atoms. The van der Waals surface area contributed by atoms with Crippen LogP contribution in [0.3, 0.4) is 0 Å². The molecule has 4 aromatic rings. The zero-order valence-electron chi connectivity index (χ0n) is 14.6. The third-order valence-electron chi connectivity index (χ3n) is 4.53. The Labute approximate surface area is 160 Å². The highest BCUT2D eigenvalue weighted by Gasteiger charge is 2.23. The van der Waals surface area contributed by atoms with Gasteiger partial charge in [0.1, 0.15) is 17.1 Å². The second-order valence-corrected chi connectivity index (χ2v) is 6.27. The first kappa shape index (κ1) is 16.2. The lowest BCUT2D eigenvalue weighted by molar-refractivity contribution is 0.174. The highest BCUT2D eigenvalue weighted by Crippen LogP contribution is 2.40. The van der Waals surface area contributed by atoms with E-state index in [-0.39, 0.29) is 12.5 Å². The number of benzene rings is 2. The van der Waals surface area contributed by atoms with Gasteiger partial charge in [0, 0.05) is 17.3 Å². The van der Waals surface area contributed by atoms with Crippen molar-refractivity contribution in [3.8, 4) is 51.3 Å². The van der Waals surface area contributed by atoms with Gasteiger partial charge in [-0.05, 0) is 54.6 Å². The Balaban J connectivity index is 1.73. The van der Waals surface area contributed by atoms with Gasteiger partial charge < -0.3 is 19.8 Å². The zero-order valence-corrected chi connectivity index (χ0v) is 14.6. The lowest BCUT2D eigenvalue weighted by Gasteiger charge is -2.06. The van der Waals surface area contributed by atoms with E-state index in [1.807, 2.05) is 30.3 Å². The van der Waals surface area contributed by atoms with Crippen molar-refractivity contribution in [2.75, 3.05) is 6.79 Å². The molecule has 1 aliphatic rings. The van der Waals surface area contributed by atoms with Crippen LogP contribution in [-0.4, -0.2) is 31.8 Å². The molecule has 0 atom stereocenters. The largest absolute Gasteiger partial charge is 0.508 e. The summed E-state index contributed by atoms with van der Waals surface area (Å²) in [6.45, 7) is 0.180. The number of ether oxygens (including phenoxy) is 2. The highest BCUT2D eigenvalue weighted by atomic mass is 16.7. The Morgan fingerprint density at radius 1 is 0.893 bits per heavy atom. The fraction of sp³-hybridized carbons (Fsp3) is 0.0476. The smallest absolute Gasteiger partial charge is 0.231 e. The van der Waals surface area contributed by atoms with Crippen LogP contribution in [0.5, 0.6) is 17.2 Å². The van der Waals surface area contributed by atoms with E-state index >= 15 is 0 Å². The molecule has 2 N–H and O–H groups in total. The van der Waals surface area contributed by atoms with Crippen molar-refractivity contribution in [1.82, 2.24) is 14.7 Å². The van der Waals surface area contributed by atoms with E-state index in [1.54, 1.807) is 36.5 Å². The molecule has 0 fully saturated rings. The summed E-state index contributed by atoms with van der Waals surface area (Å²) in [6.07, 6.45) is 1.66. The molecule has 0 radical (unpaired) electrons. The van der Waals surface area contributed by atoms with Crippen LogP contribution in [0.1, 0.15) is 0 Å². The van der Waals surface area contributed by atoms with Crippen molar-refractivity contribution in [2.24, 2.45) is 0 Å². The molecular weight excluding hydrogens is 358 g/mol. The maximum atomic E-state index is 10.9. The van der Waals surface area contributed by atoms with Gasteiger partial charge in [-0.3, -0.25) is 4.98 Å². The van der Waals surface area contributed by atoms with Crippen LogP contribution in [0.4, 0.5) is 0 Å². The van der Waals surface area contributed by atoms with Gasteiger partial charge in [0.05, 0.1) is 5.69 Å². The molecule has 1 aliphatic heterocycles. The average Bonchev–Trinajstić information content (AvgIpc) is 3.33. The number of hydrogen-bond donors (Lipinski definition) is 2. The Hall–Kier alpha value is -4.00. The fourth-order valence-electron chi connectivity index (χ4n) is 3.19. The first-order valence-corrected chi connectivity index (χ1v) is 8.63. The topological polar surface area (TPSA) is 89.6 Å². The average molecular weight is 373 g/mol. The van der Waals surface area contributed by atoms with Crippen LogP contribution >= 0.6 is 0 Å². The van der Waals surface area contributed by atoms with Gasteiger partial charge in [0.15, 0.2) is 17.3 Å². The van der Waals surface area contributed by atoms with Gasteiger partial charge in [-0.15, -0.1) is 0 Å². The number of hydrogen-bond acceptors (Lipinski definition) is 6. The molecule has 0 saturated heterocycles. The molecule has 0 bridgehead atoms. The summed E-state index contributed by atoms with van der Waals surface area (Å²) in [5.41, 5.74) is 3.02. The van der Waals surface area contributed by atoms with Gasteiger partial charge in [-0.1, -0.05) is 6.07 Å². The quantitative estimate of drug-likeness (QED) is 0.529. The molecule has 7 nitrogen and oxygen atoms in total. The van der Waals surface area contributed by atoms with E-state index in [9.17, 15) is 10.3 Å². The normalized spacial score (nSPS) is 12.3. The van der Waals surface area contributed by atoms with Crippen molar-refractivity contribution < 1.29 is 19.8 Å². The molecule has 3 heterocycles. The summed E-state index contributed by atoms with van der Waals surface area (Å²) in [6, 6.07) is 17.4. The molecule has 28 heavy (non-hydrogen) atoms. The van der Waals surface area contributed by atoms with Crippen LogP contribution in [0, 0.1) is 0 Å². The lowest BCUT2D eigenvalue weighted by atomic mass is 10.1. The third-order valence-corrected chi connectivity index (χ3v) is 4.53. The van der Waals surface area contributed by atoms with Crippen LogP contribution in [-0.2, 0) is 0 Å². The first-order chi connectivity index (χ1) is 13.7. The monoisotopic (exact) mass is 373 g/mol. The maximum Gasteiger partial charge on any atom is 0.231 e. The number of aromatic nitrogens is 3. The van der Waals surface area contributed by atoms with Gasteiger partial charge >= 0.3 is 0 Å². The SMILES string of the molecule is Oc1ccc(-c2nc(-c3ccc4c(c3)OCO4)c(-c3ccccn3)n2O)cc1. The molecular formula is C21H15N3O4. The minimum atomic E-state index is 0.140. The van der Waals surface area contributed by atoms with Gasteiger partial charge in [-0.25, -0.2) is 4.98 Å². The second-order valence-electron chi connectivity index (χ2n) is 6.27. The number of pyridine rings is 1. The van der Waals surface area contributed by atoms with Crippen molar-refractivity contribution >= 4 is 0 Å². The summed E-state index contributed by atoms with van der Waals surface area (Å²) in [5, 5.41) is 20.5. The van der Waals surface area contributed by atoms with Crippen molar-refractivity contribution in [2.45, 2.75) is 0 Å². The molecule has 0 unspecified atom stereocenters. The van der Waals surface area contributed by atoms with Gasteiger partial charge in [0.25, 0.3) is 0 Å². The Morgan fingerprint density at radius 2 is 1.68 bits per heavy atom. The zero-order chi connectivity index (χ0) is 19.1. The van der Waals surface area contributed by atoms with Crippen LogP contribution in [0.15, 0.2) is 66.9 Å². The molecule has 2 aromatic heterocycles. The number of phenolic OH excluding ortho intramolecular Hbond substituents is 1. The number of rotatable bonds is 3. The second kappa shape index (κ2) is 6.31. The molecule has 5 rings (SSSR count). The summed E-state index contributed by atoms with van der Waals surface area (Å²) < 4.78 is 11.9. The Morgan fingerprint density at radius 3 is 2.46 bits per heavy atom. The molecule has 138 valence electrons. The maximum absolute atomic E-state index is 10.9. The Kier molecular flexibility index (Phi) is 3.65. The molecule has 2 aromatic carbocycles. The summed E-state index contributed by atoms with van der Waals surface area (Å²) in [5.74, 6) is 1.78. The van der Waals surface area contributed by atoms with E-state index in [2.05, 4.69) is 9.97 Å². The first-order valence-electron chi connectivity index (χ1n) is 8.63. The number of aromatic hydroxyl groups is 1. The number of fused-ring (bicyclic) bond motifs is 1. The summed E-state index contributed by atoms with van der Waals surface area (Å²) >= 11 is 0. The molecule has 0 aliphatic carbocycles. The van der Waals surface area contributed by atoms with Gasteiger partial charge in [0.2, 0.25) is 6.79 Å². The number of phenols is 1. The predicted molar refractivity (Wildman–Crippen MR) is 101 cm³/mol. The minimum absolute atomic E-state index is 0.140. The molecule has 7 heteroatoms. The van der Waals surface area contributed by atoms with Crippen molar-refractivity contribution in [1.29, 1.82) is 0 Å². The van der Waals surface area contributed by atoms with Crippen LogP contribution in [0.25, 0.3) is 34.0 Å². The van der Waals surface area contributed by atoms with Crippen LogP contribution < -0.4 is 9.47 Å². The van der Waals surface area contributed by atoms with E-state index < -0.39 is 0 Å². The van der Waals surface area contributed by atoms with E-state index in [0.717, 1.165) is 10.3 Å². The third kappa shape index (κ3) is 2.61. The van der Waals surface area contributed by atoms with E-state index in [1.165, 1.54) is 0 Å². The predicted octanol–water partition coefficient (Wildman–Crippen LogP) is 3.95. The van der Waals surface area contributed by atoms with E-state index in [0.29, 0.717) is 40.0 Å². The standard InChI is InChI=1S/C21H15N3O4/c25-15-7-4-13(5-8-15)21-23-19(14-6-9-17-18(11-14)28-12-27-17)20(24(21)26)16-3-1-2-10-22-16/h1-11,25-26H,12H2. The summed E-state index contributed by atoms with van der Waals surface area (Å²) in [7, 11) is 0. The molecule has 0 amide bonds. The highest BCUT2D eigenvalue weighted by molar-refractivity contribution is 5.81.